The minimum atomic E-state index is -0.0826. The molecule has 5 aliphatic rings. The summed E-state index contributed by atoms with van der Waals surface area (Å²) in [5.41, 5.74) is 19.6. The zero-order valence-corrected chi connectivity index (χ0v) is 32.1. The van der Waals surface area contributed by atoms with Crippen molar-refractivity contribution in [3.05, 3.63) is 178 Å². The molecule has 270 valence electrons. The number of nitrogens with zero attached hydrogens (tertiary/aromatic N) is 2. The minimum Gasteiger partial charge on any atom is -0.345 e. The lowest BCUT2D eigenvalue weighted by Crippen LogP contribution is -2.30. The molecule has 2 heteroatoms. The molecule has 0 N–H and O–H groups in total. The predicted molar refractivity (Wildman–Crippen MR) is 233 cm³/mol. The van der Waals surface area contributed by atoms with Crippen LogP contribution >= 0.6 is 0 Å². The van der Waals surface area contributed by atoms with Crippen molar-refractivity contribution in [3.63, 3.8) is 0 Å². The van der Waals surface area contributed by atoms with Gasteiger partial charge in [0.1, 0.15) is 0 Å². The molecule has 0 aromatic heterocycles. The van der Waals surface area contributed by atoms with Gasteiger partial charge in [0.25, 0.3) is 0 Å². The van der Waals surface area contributed by atoms with Crippen molar-refractivity contribution < 1.29 is 0 Å². The van der Waals surface area contributed by atoms with Gasteiger partial charge in [0.15, 0.2) is 0 Å². The average Bonchev–Trinajstić information content (AvgIpc) is 3.83. The van der Waals surface area contributed by atoms with Gasteiger partial charge >= 0.3 is 0 Å². The molecule has 1 fully saturated rings. The summed E-state index contributed by atoms with van der Waals surface area (Å²) in [6.07, 6.45) is 19.3. The van der Waals surface area contributed by atoms with Gasteiger partial charge in [-0.15, -0.1) is 0 Å². The molecule has 0 amide bonds. The Labute approximate surface area is 326 Å². The molecule has 11 rings (SSSR count). The second-order valence-electron chi connectivity index (χ2n) is 17.0. The summed E-state index contributed by atoms with van der Waals surface area (Å²) in [5.74, 6) is 0. The van der Waals surface area contributed by atoms with Crippen molar-refractivity contribution in [2.45, 2.75) is 76.0 Å². The summed E-state index contributed by atoms with van der Waals surface area (Å²) < 4.78 is 0. The Balaban J connectivity index is 0.964. The Morgan fingerprint density at radius 2 is 1.27 bits per heavy atom. The van der Waals surface area contributed by atoms with Gasteiger partial charge in [0.2, 0.25) is 0 Å². The molecule has 0 saturated heterocycles. The third-order valence-corrected chi connectivity index (χ3v) is 13.8. The molecule has 0 bridgehead atoms. The zero-order chi connectivity index (χ0) is 36.7. The van der Waals surface area contributed by atoms with Gasteiger partial charge in [-0.1, -0.05) is 142 Å². The maximum absolute atomic E-state index is 2.65. The fourth-order valence-electron chi connectivity index (χ4n) is 11.1. The van der Waals surface area contributed by atoms with Crippen LogP contribution in [0, 0.1) is 0 Å². The third-order valence-electron chi connectivity index (χ3n) is 13.8. The van der Waals surface area contributed by atoms with Crippen LogP contribution in [0.1, 0.15) is 98.6 Å². The fraction of sp³-hybridized carbons (Fsp3) is 0.245. The maximum atomic E-state index is 2.65. The number of hydrogen-bond acceptors (Lipinski definition) is 2. The Bertz CT molecular complexity index is 2580. The van der Waals surface area contributed by atoms with E-state index in [-0.39, 0.29) is 10.8 Å². The first-order valence-corrected chi connectivity index (χ1v) is 20.7. The molecule has 6 aromatic rings. The molecule has 3 aliphatic carbocycles. The van der Waals surface area contributed by atoms with E-state index in [4.69, 9.17) is 0 Å². The molecule has 0 radical (unpaired) electrons. The van der Waals surface area contributed by atoms with Crippen molar-refractivity contribution in [2.24, 2.45) is 0 Å². The van der Waals surface area contributed by atoms with E-state index >= 15 is 0 Å². The molecule has 2 nitrogen and oxygen atoms in total. The summed E-state index contributed by atoms with van der Waals surface area (Å²) in [7, 11) is 0. The largest absolute Gasteiger partial charge is 0.345 e. The summed E-state index contributed by atoms with van der Waals surface area (Å²) in [6.45, 7) is 5.84. The summed E-state index contributed by atoms with van der Waals surface area (Å²) in [6, 6.07) is 46.3. The molecule has 1 spiro atoms. The molecule has 6 aromatic carbocycles. The van der Waals surface area contributed by atoms with Crippen molar-refractivity contribution >= 4 is 45.7 Å². The first kappa shape index (κ1) is 32.8. The van der Waals surface area contributed by atoms with Crippen molar-refractivity contribution in [3.8, 4) is 11.1 Å². The molecule has 1 saturated carbocycles. The van der Waals surface area contributed by atoms with Crippen molar-refractivity contribution in [1.29, 1.82) is 0 Å². The van der Waals surface area contributed by atoms with E-state index in [9.17, 15) is 0 Å². The number of rotatable bonds is 4. The van der Waals surface area contributed by atoms with Gasteiger partial charge in [-0.3, -0.25) is 0 Å². The van der Waals surface area contributed by atoms with Crippen LogP contribution in [0.15, 0.2) is 145 Å². The number of benzene rings is 6. The van der Waals surface area contributed by atoms with Gasteiger partial charge in [0.05, 0.1) is 17.1 Å². The van der Waals surface area contributed by atoms with Crippen LogP contribution < -0.4 is 9.80 Å². The van der Waals surface area contributed by atoms with E-state index < -0.39 is 0 Å². The molecule has 0 unspecified atom stereocenters. The molecule has 55 heavy (non-hydrogen) atoms. The van der Waals surface area contributed by atoms with Crippen LogP contribution in [0.2, 0.25) is 0 Å². The maximum Gasteiger partial charge on any atom is 0.0540 e. The third kappa shape index (κ3) is 4.93. The lowest BCUT2D eigenvalue weighted by molar-refractivity contribution is 0.549. The highest BCUT2D eigenvalue weighted by Gasteiger charge is 2.45. The van der Waals surface area contributed by atoms with Gasteiger partial charge in [-0.05, 0) is 124 Å². The first-order valence-electron chi connectivity index (χ1n) is 20.7. The van der Waals surface area contributed by atoms with E-state index in [1.54, 1.807) is 22.4 Å². The summed E-state index contributed by atoms with van der Waals surface area (Å²) in [4.78, 5) is 5.14. The minimum absolute atomic E-state index is 0.0826. The van der Waals surface area contributed by atoms with Crippen LogP contribution in [0.3, 0.4) is 0 Å². The van der Waals surface area contributed by atoms with E-state index in [0.717, 1.165) is 13.0 Å². The standard InChI is InChI=1S/C53H48N2/c1-52(2)44-18-6-9-21-50(44)55(51-22-10-7-19-45(51)52)49-30-26-37(40-16-4-5-17-43(40)49)25-23-36-24-28-41-42-29-27-39(54-33-13-15-38-14-3-8-20-48(38)54)35-47(42)53(46(41)34-36)31-11-12-32-53/h3-7,9-10,14,16-19,21-30,34-35H,8,11-13,15,20,31-33H2,1-2H3/b25-23+. The van der Waals surface area contributed by atoms with Gasteiger partial charge in [-0.2, -0.15) is 0 Å². The highest BCUT2D eigenvalue weighted by atomic mass is 15.2. The predicted octanol–water partition coefficient (Wildman–Crippen LogP) is 14.2. The Hall–Kier alpha value is -5.60. The number of anilines is 4. The average molecular weight is 713 g/mol. The molecular weight excluding hydrogens is 665 g/mol. The summed E-state index contributed by atoms with van der Waals surface area (Å²) in [5, 5.41) is 2.54. The monoisotopic (exact) mass is 712 g/mol. The zero-order valence-electron chi connectivity index (χ0n) is 32.1. The van der Waals surface area contributed by atoms with E-state index in [1.165, 1.54) is 112 Å². The Morgan fingerprint density at radius 1 is 0.582 bits per heavy atom. The second kappa shape index (κ2) is 12.5. The lowest BCUT2D eigenvalue weighted by Gasteiger charge is -2.42. The van der Waals surface area contributed by atoms with Crippen molar-refractivity contribution in [2.75, 3.05) is 16.3 Å². The quantitative estimate of drug-likeness (QED) is 0.168. The SMILES string of the molecule is CC1(C)c2ccccc2N(c2ccc(/C=C/c3ccc4c(c3)C3(CCCC3)c3cc(N5CCCC6=C5CCC=C6)ccc3-4)c3ccccc23)c2ccccc21. The molecule has 2 heterocycles. The van der Waals surface area contributed by atoms with E-state index in [0.29, 0.717) is 0 Å². The lowest BCUT2D eigenvalue weighted by atomic mass is 9.73. The van der Waals surface area contributed by atoms with Crippen LogP contribution in [-0.4, -0.2) is 6.54 Å². The number of allylic oxidation sites excluding steroid dienone is 4. The topological polar surface area (TPSA) is 6.48 Å². The Kier molecular flexibility index (Phi) is 7.43. The van der Waals surface area contributed by atoms with Gasteiger partial charge in [0, 0.05) is 34.1 Å². The van der Waals surface area contributed by atoms with Gasteiger partial charge in [-0.25, -0.2) is 0 Å². The normalized spacial score (nSPS) is 18.8. The van der Waals surface area contributed by atoms with Crippen LogP contribution in [0.5, 0.6) is 0 Å². The second-order valence-corrected chi connectivity index (χ2v) is 17.0. The smallest absolute Gasteiger partial charge is 0.0540 e. The molecule has 2 aliphatic heterocycles. The summed E-state index contributed by atoms with van der Waals surface area (Å²) >= 11 is 0. The van der Waals surface area contributed by atoms with E-state index in [1.807, 2.05) is 0 Å². The fourth-order valence-corrected chi connectivity index (χ4v) is 11.1. The Morgan fingerprint density at radius 3 is 2.05 bits per heavy atom. The number of hydrogen-bond donors (Lipinski definition) is 0. The molecular formula is C53H48N2. The highest BCUT2D eigenvalue weighted by molar-refractivity contribution is 6.05. The van der Waals surface area contributed by atoms with Crippen LogP contribution in [-0.2, 0) is 10.8 Å². The number of fused-ring (bicyclic) bond motifs is 8. The van der Waals surface area contributed by atoms with Crippen LogP contribution in [0.25, 0.3) is 34.1 Å². The number of para-hydroxylation sites is 2. The molecule has 0 atom stereocenters. The van der Waals surface area contributed by atoms with E-state index in [2.05, 4.69) is 169 Å². The van der Waals surface area contributed by atoms with Crippen molar-refractivity contribution in [1.82, 2.24) is 0 Å². The van der Waals surface area contributed by atoms with Crippen LogP contribution in [0.4, 0.5) is 22.7 Å². The highest BCUT2D eigenvalue weighted by Crippen LogP contribution is 2.58. The first-order chi connectivity index (χ1) is 27.0. The van der Waals surface area contributed by atoms with Gasteiger partial charge < -0.3 is 9.80 Å².